The van der Waals surface area contributed by atoms with Crippen LogP contribution in [0, 0.1) is 5.92 Å². The van der Waals surface area contributed by atoms with E-state index < -0.39 is 9.84 Å². The molecule has 0 amide bonds. The van der Waals surface area contributed by atoms with E-state index >= 15 is 0 Å². The van der Waals surface area contributed by atoms with E-state index in [1.165, 1.54) is 6.26 Å². The second-order valence-corrected chi connectivity index (χ2v) is 7.11. The molecule has 0 aromatic rings. The van der Waals surface area contributed by atoms with E-state index in [1.54, 1.807) is 0 Å². The lowest BCUT2D eigenvalue weighted by molar-refractivity contribution is -0.124. The van der Waals surface area contributed by atoms with Gasteiger partial charge in [-0.2, -0.15) is 0 Å². The number of ketones is 1. The molecule has 0 aromatic carbocycles. The minimum Gasteiger partial charge on any atom is -0.305 e. The van der Waals surface area contributed by atoms with Crippen molar-refractivity contribution >= 4 is 15.6 Å². The maximum atomic E-state index is 11.8. The van der Waals surface area contributed by atoms with Crippen molar-refractivity contribution in [3.63, 3.8) is 0 Å². The molecular weight excluding hydrogens is 226 g/mol. The van der Waals surface area contributed by atoms with E-state index in [1.807, 2.05) is 27.7 Å². The van der Waals surface area contributed by atoms with Gasteiger partial charge in [0.05, 0.1) is 11.8 Å². The Morgan fingerprint density at radius 1 is 1.19 bits per heavy atom. The van der Waals surface area contributed by atoms with Gasteiger partial charge >= 0.3 is 0 Å². The van der Waals surface area contributed by atoms with Gasteiger partial charge in [0.15, 0.2) is 5.78 Å². The molecule has 96 valence electrons. The molecule has 0 saturated heterocycles. The molecule has 4 nitrogen and oxygen atoms in total. The predicted octanol–water partition coefficient (Wildman–Crippen LogP) is 1.01. The lowest BCUT2D eigenvalue weighted by Crippen LogP contribution is -2.43. The number of carbonyl (C=O) groups excluding carboxylic acids is 1. The number of hydrogen-bond acceptors (Lipinski definition) is 4. The van der Waals surface area contributed by atoms with Crippen LogP contribution in [0.2, 0.25) is 0 Å². The van der Waals surface area contributed by atoms with Crippen molar-refractivity contribution in [3.05, 3.63) is 0 Å². The van der Waals surface area contributed by atoms with Crippen LogP contribution < -0.4 is 5.32 Å². The maximum Gasteiger partial charge on any atom is 0.152 e. The first-order valence-corrected chi connectivity index (χ1v) is 7.67. The molecule has 0 aliphatic rings. The highest BCUT2D eigenvalue weighted by molar-refractivity contribution is 7.90. The molecule has 5 heteroatoms. The summed E-state index contributed by atoms with van der Waals surface area (Å²) in [6.45, 7) is 7.55. The fourth-order valence-corrected chi connectivity index (χ4v) is 2.11. The Kier molecular flexibility index (Phi) is 6.18. The molecule has 1 unspecified atom stereocenters. The lowest BCUT2D eigenvalue weighted by Gasteiger charge is -2.21. The molecule has 0 heterocycles. The summed E-state index contributed by atoms with van der Waals surface area (Å²) in [6, 6.07) is -0.179. The third-order valence-corrected chi connectivity index (χ3v) is 3.20. The topological polar surface area (TPSA) is 63.2 Å². The number of rotatable bonds is 7. The van der Waals surface area contributed by atoms with Gasteiger partial charge in [-0.15, -0.1) is 0 Å². The SMILES string of the molecule is CC(C)NC(CCS(C)(=O)=O)C(=O)C(C)C. The first kappa shape index (κ1) is 15.6. The highest BCUT2D eigenvalue weighted by atomic mass is 32.2. The predicted molar refractivity (Wildman–Crippen MR) is 66.2 cm³/mol. The minimum atomic E-state index is -3.01. The van der Waals surface area contributed by atoms with Crippen molar-refractivity contribution in [2.45, 2.75) is 46.2 Å². The van der Waals surface area contributed by atoms with Crippen molar-refractivity contribution in [2.75, 3.05) is 12.0 Å². The smallest absolute Gasteiger partial charge is 0.152 e. The zero-order chi connectivity index (χ0) is 12.9. The van der Waals surface area contributed by atoms with Gasteiger partial charge in [-0.1, -0.05) is 27.7 Å². The van der Waals surface area contributed by atoms with Crippen LogP contribution in [0.25, 0.3) is 0 Å². The molecule has 0 saturated carbocycles. The zero-order valence-corrected chi connectivity index (χ0v) is 11.6. The monoisotopic (exact) mass is 249 g/mol. The Morgan fingerprint density at radius 2 is 1.69 bits per heavy atom. The summed E-state index contributed by atoms with van der Waals surface area (Å²) in [5.41, 5.74) is 0. The fourth-order valence-electron chi connectivity index (χ4n) is 1.44. The van der Waals surface area contributed by atoms with Gasteiger partial charge in [0.1, 0.15) is 9.84 Å². The lowest BCUT2D eigenvalue weighted by atomic mass is 9.99. The molecule has 0 fully saturated rings. The highest BCUT2D eigenvalue weighted by Crippen LogP contribution is 2.06. The van der Waals surface area contributed by atoms with Crippen molar-refractivity contribution in [1.29, 1.82) is 0 Å². The third-order valence-electron chi connectivity index (χ3n) is 2.22. The minimum absolute atomic E-state index is 0.0514. The molecule has 1 atom stereocenters. The van der Waals surface area contributed by atoms with Crippen LogP contribution >= 0.6 is 0 Å². The number of carbonyl (C=O) groups is 1. The fraction of sp³-hybridized carbons (Fsp3) is 0.909. The van der Waals surface area contributed by atoms with Crippen LogP contribution in [0.1, 0.15) is 34.1 Å². The van der Waals surface area contributed by atoms with E-state index in [2.05, 4.69) is 5.32 Å². The summed E-state index contributed by atoms with van der Waals surface area (Å²) < 4.78 is 22.1. The van der Waals surface area contributed by atoms with E-state index in [9.17, 15) is 13.2 Å². The molecule has 0 aromatic heterocycles. The molecule has 0 spiro atoms. The van der Waals surface area contributed by atoms with Crippen LogP contribution in [0.5, 0.6) is 0 Å². The number of sulfone groups is 1. The van der Waals surface area contributed by atoms with Crippen molar-refractivity contribution in [1.82, 2.24) is 5.32 Å². The molecule has 0 radical (unpaired) electrons. The summed E-state index contributed by atoms with van der Waals surface area (Å²) in [4.78, 5) is 11.8. The summed E-state index contributed by atoms with van der Waals surface area (Å²) >= 11 is 0. The first-order valence-electron chi connectivity index (χ1n) is 5.61. The first-order chi connectivity index (χ1) is 7.13. The van der Waals surface area contributed by atoms with Crippen molar-refractivity contribution < 1.29 is 13.2 Å². The maximum absolute atomic E-state index is 11.8. The second-order valence-electron chi connectivity index (χ2n) is 4.85. The van der Waals surface area contributed by atoms with Crippen LogP contribution in [-0.2, 0) is 14.6 Å². The van der Waals surface area contributed by atoms with E-state index in [-0.39, 0.29) is 29.5 Å². The Labute approximate surface area is 98.7 Å². The van der Waals surface area contributed by atoms with Gasteiger partial charge in [0, 0.05) is 18.2 Å². The zero-order valence-electron chi connectivity index (χ0n) is 10.8. The average molecular weight is 249 g/mol. The van der Waals surface area contributed by atoms with E-state index in [4.69, 9.17) is 0 Å². The largest absolute Gasteiger partial charge is 0.305 e. The summed E-state index contributed by atoms with van der Waals surface area (Å²) in [5.74, 6) is 0.0590. The average Bonchev–Trinajstić information content (AvgIpc) is 2.08. The summed E-state index contributed by atoms with van der Waals surface area (Å²) in [7, 11) is -3.01. The van der Waals surface area contributed by atoms with Gasteiger partial charge in [0.2, 0.25) is 0 Å². The standard InChI is InChI=1S/C11H23NO3S/c1-8(2)11(13)10(12-9(3)4)6-7-16(5,14)15/h8-10,12H,6-7H2,1-5H3. The van der Waals surface area contributed by atoms with Crippen LogP contribution in [0.4, 0.5) is 0 Å². The summed E-state index contributed by atoms with van der Waals surface area (Å²) in [6.07, 6.45) is 1.55. The van der Waals surface area contributed by atoms with Crippen LogP contribution in [0.15, 0.2) is 0 Å². The summed E-state index contributed by atoms with van der Waals surface area (Å²) in [5, 5.41) is 3.12. The van der Waals surface area contributed by atoms with Gasteiger partial charge < -0.3 is 5.32 Å². The quantitative estimate of drug-likeness (QED) is 0.731. The molecular formula is C11H23NO3S. The Hall–Kier alpha value is -0.420. The molecule has 16 heavy (non-hydrogen) atoms. The Bertz CT molecular complexity index is 320. The second kappa shape index (κ2) is 6.35. The Morgan fingerprint density at radius 3 is 2.00 bits per heavy atom. The van der Waals surface area contributed by atoms with Crippen molar-refractivity contribution in [3.8, 4) is 0 Å². The Balaban J connectivity index is 4.50. The van der Waals surface area contributed by atoms with Crippen molar-refractivity contribution in [2.24, 2.45) is 5.92 Å². The third kappa shape index (κ3) is 6.95. The molecule has 0 rings (SSSR count). The van der Waals surface area contributed by atoms with Crippen LogP contribution in [-0.4, -0.2) is 38.3 Å². The van der Waals surface area contributed by atoms with E-state index in [0.29, 0.717) is 6.42 Å². The highest BCUT2D eigenvalue weighted by Gasteiger charge is 2.22. The van der Waals surface area contributed by atoms with Gasteiger partial charge in [0.25, 0.3) is 0 Å². The number of Topliss-reactive ketones (excluding diaryl/α,β-unsaturated/α-hetero) is 1. The van der Waals surface area contributed by atoms with Crippen LogP contribution in [0.3, 0.4) is 0 Å². The molecule has 0 aliphatic heterocycles. The number of hydrogen-bond donors (Lipinski definition) is 1. The normalized spacial score (nSPS) is 14.4. The molecule has 1 N–H and O–H groups in total. The van der Waals surface area contributed by atoms with Gasteiger partial charge in [-0.05, 0) is 6.42 Å². The van der Waals surface area contributed by atoms with Gasteiger partial charge in [-0.25, -0.2) is 8.42 Å². The molecule has 0 aliphatic carbocycles. The van der Waals surface area contributed by atoms with E-state index in [0.717, 1.165) is 0 Å². The van der Waals surface area contributed by atoms with Gasteiger partial charge in [-0.3, -0.25) is 4.79 Å². The molecule has 0 bridgehead atoms. The number of nitrogens with one attached hydrogen (secondary N) is 1.